The maximum absolute atomic E-state index is 9.78. The van der Waals surface area contributed by atoms with Crippen LogP contribution in [0.3, 0.4) is 0 Å². The van der Waals surface area contributed by atoms with E-state index < -0.39 is 6.29 Å². The summed E-state index contributed by atoms with van der Waals surface area (Å²) in [7, 11) is 1.63. The summed E-state index contributed by atoms with van der Waals surface area (Å²) in [5.74, 6) is 1.69. The van der Waals surface area contributed by atoms with E-state index in [0.29, 0.717) is 17.4 Å². The monoisotopic (exact) mass is 382 g/mol. The fourth-order valence-corrected chi connectivity index (χ4v) is 4.82. The highest BCUT2D eigenvalue weighted by Gasteiger charge is 2.39. The average Bonchev–Trinajstić information content (AvgIpc) is 2.67. The van der Waals surface area contributed by atoms with Crippen molar-refractivity contribution in [3.63, 3.8) is 0 Å². The van der Waals surface area contributed by atoms with E-state index in [1.54, 1.807) is 14.0 Å². The van der Waals surface area contributed by atoms with Crippen LogP contribution in [0.4, 0.5) is 0 Å². The first-order valence-corrected chi connectivity index (χ1v) is 10.1. The van der Waals surface area contributed by atoms with Gasteiger partial charge in [-0.1, -0.05) is 35.9 Å². The van der Waals surface area contributed by atoms with Gasteiger partial charge in [-0.3, -0.25) is 4.90 Å². The first-order valence-electron chi connectivity index (χ1n) is 10.1. The van der Waals surface area contributed by atoms with Crippen molar-refractivity contribution in [2.24, 2.45) is 5.73 Å². The number of fused-ring (bicyclic) bond motifs is 3. The molecule has 1 fully saturated rings. The molecule has 1 unspecified atom stereocenters. The lowest BCUT2D eigenvalue weighted by Gasteiger charge is -2.46. The molecule has 0 radical (unpaired) electrons. The molecule has 0 aromatic heterocycles. The Kier molecular flexibility index (Phi) is 5.32. The Morgan fingerprint density at radius 3 is 2.79 bits per heavy atom. The third kappa shape index (κ3) is 3.50. The van der Waals surface area contributed by atoms with Gasteiger partial charge in [-0.2, -0.15) is 0 Å². The second kappa shape index (κ2) is 7.74. The molecule has 0 bridgehead atoms. The van der Waals surface area contributed by atoms with Crippen LogP contribution in [0.2, 0.25) is 0 Å². The van der Waals surface area contributed by atoms with Gasteiger partial charge in [0.15, 0.2) is 17.8 Å². The van der Waals surface area contributed by atoms with Crippen molar-refractivity contribution in [1.29, 1.82) is 0 Å². The lowest BCUT2D eigenvalue weighted by atomic mass is 9.78. The number of hydrogen-bond donors (Lipinski definition) is 2. The predicted molar refractivity (Wildman–Crippen MR) is 110 cm³/mol. The van der Waals surface area contributed by atoms with Crippen molar-refractivity contribution >= 4 is 0 Å². The van der Waals surface area contributed by atoms with Crippen LogP contribution in [0.5, 0.6) is 11.5 Å². The number of ether oxygens (including phenoxy) is 2. The first-order chi connectivity index (χ1) is 13.5. The van der Waals surface area contributed by atoms with E-state index in [-0.39, 0.29) is 12.1 Å². The van der Waals surface area contributed by atoms with Gasteiger partial charge >= 0.3 is 0 Å². The molecule has 5 heteroatoms. The topological polar surface area (TPSA) is 68.0 Å². The molecule has 2 aromatic carbocycles. The minimum absolute atomic E-state index is 0.109. The number of rotatable bonds is 4. The molecular weight excluding hydrogens is 352 g/mol. The van der Waals surface area contributed by atoms with Crippen molar-refractivity contribution in [2.45, 2.75) is 51.0 Å². The van der Waals surface area contributed by atoms with Crippen LogP contribution >= 0.6 is 0 Å². The molecule has 2 aliphatic heterocycles. The Morgan fingerprint density at radius 1 is 1.25 bits per heavy atom. The Hall–Kier alpha value is -2.08. The summed E-state index contributed by atoms with van der Waals surface area (Å²) in [6.07, 6.45) is 0.908. The largest absolute Gasteiger partial charge is 0.493 e. The highest BCUT2D eigenvalue weighted by atomic mass is 16.6. The van der Waals surface area contributed by atoms with E-state index in [9.17, 15) is 5.11 Å². The molecule has 4 rings (SSSR count). The molecule has 2 heterocycles. The van der Waals surface area contributed by atoms with E-state index in [2.05, 4.69) is 42.2 Å². The molecule has 1 saturated heterocycles. The summed E-state index contributed by atoms with van der Waals surface area (Å²) >= 11 is 0. The Labute approximate surface area is 167 Å². The summed E-state index contributed by atoms with van der Waals surface area (Å²) in [6, 6.07) is 13.2. The fourth-order valence-electron chi connectivity index (χ4n) is 4.82. The number of benzene rings is 2. The van der Waals surface area contributed by atoms with Crippen molar-refractivity contribution in [3.8, 4) is 11.5 Å². The van der Waals surface area contributed by atoms with E-state index in [1.165, 1.54) is 16.7 Å². The highest BCUT2D eigenvalue weighted by molar-refractivity contribution is 5.53. The quantitative estimate of drug-likeness (QED) is 0.795. The zero-order valence-electron chi connectivity index (χ0n) is 16.9. The number of hydrogen-bond acceptors (Lipinski definition) is 5. The van der Waals surface area contributed by atoms with Gasteiger partial charge in [0.1, 0.15) is 0 Å². The van der Waals surface area contributed by atoms with Crippen molar-refractivity contribution in [3.05, 3.63) is 58.7 Å². The van der Waals surface area contributed by atoms with Gasteiger partial charge < -0.3 is 20.3 Å². The van der Waals surface area contributed by atoms with Crippen LogP contribution in [0.25, 0.3) is 0 Å². The third-order valence-electron chi connectivity index (χ3n) is 6.13. The van der Waals surface area contributed by atoms with Crippen LogP contribution in [-0.2, 0) is 6.42 Å². The number of piperidine rings is 1. The van der Waals surface area contributed by atoms with Gasteiger partial charge in [-0.15, -0.1) is 0 Å². The zero-order valence-corrected chi connectivity index (χ0v) is 16.9. The fraction of sp³-hybridized carbons (Fsp3) is 0.478. The van der Waals surface area contributed by atoms with Crippen molar-refractivity contribution in [2.75, 3.05) is 20.2 Å². The van der Waals surface area contributed by atoms with E-state index in [0.717, 1.165) is 31.5 Å². The van der Waals surface area contributed by atoms with Crippen LogP contribution in [0.1, 0.15) is 47.6 Å². The molecule has 4 atom stereocenters. The summed E-state index contributed by atoms with van der Waals surface area (Å²) in [6.45, 7) is 5.68. The first kappa shape index (κ1) is 19.2. The number of aryl methyl sites for hydroxylation is 1. The molecular formula is C23H30N2O3. The maximum atomic E-state index is 9.78. The van der Waals surface area contributed by atoms with Gasteiger partial charge in [0.2, 0.25) is 0 Å². The summed E-state index contributed by atoms with van der Waals surface area (Å²) in [5.41, 5.74) is 11.7. The Bertz CT molecular complexity index is 852. The molecule has 28 heavy (non-hydrogen) atoms. The van der Waals surface area contributed by atoms with Crippen LogP contribution < -0.4 is 15.2 Å². The molecule has 2 aromatic rings. The number of nitrogens with two attached hydrogens (primary N) is 1. The van der Waals surface area contributed by atoms with Gasteiger partial charge in [0.05, 0.1) is 7.11 Å². The van der Waals surface area contributed by atoms with Gasteiger partial charge in [0, 0.05) is 36.7 Å². The lowest BCUT2D eigenvalue weighted by Crippen LogP contribution is -2.49. The predicted octanol–water partition coefficient (Wildman–Crippen LogP) is 3.13. The normalized spacial score (nSPS) is 25.5. The zero-order chi connectivity index (χ0) is 19.8. The minimum Gasteiger partial charge on any atom is -0.493 e. The molecule has 5 nitrogen and oxygen atoms in total. The number of aliphatic hydroxyl groups excluding tert-OH is 1. The summed E-state index contributed by atoms with van der Waals surface area (Å²) < 4.78 is 11.2. The molecule has 0 amide bonds. The molecule has 0 spiro atoms. The SMILES string of the molecule is COc1ccc2c(c1O[C@@H](C)O)CCN1C[C@H](c3cccc(C)c3)C(N)C[C@@H]21. The molecule has 3 N–H and O–H groups in total. The smallest absolute Gasteiger partial charge is 0.194 e. The van der Waals surface area contributed by atoms with E-state index >= 15 is 0 Å². The van der Waals surface area contributed by atoms with Crippen molar-refractivity contribution < 1.29 is 14.6 Å². The van der Waals surface area contributed by atoms with Gasteiger partial charge in [-0.05, 0) is 43.9 Å². The summed E-state index contributed by atoms with van der Waals surface area (Å²) in [5, 5.41) is 9.78. The van der Waals surface area contributed by atoms with Crippen molar-refractivity contribution in [1.82, 2.24) is 4.90 Å². The third-order valence-corrected chi connectivity index (χ3v) is 6.13. The highest BCUT2D eigenvalue weighted by Crippen LogP contribution is 2.46. The summed E-state index contributed by atoms with van der Waals surface area (Å²) in [4.78, 5) is 2.55. The second-order valence-corrected chi connectivity index (χ2v) is 8.06. The Balaban J connectivity index is 1.65. The number of nitrogens with zero attached hydrogens (tertiary/aromatic N) is 1. The molecule has 2 aliphatic rings. The van der Waals surface area contributed by atoms with E-state index in [4.69, 9.17) is 15.2 Å². The molecule has 150 valence electrons. The second-order valence-electron chi connectivity index (χ2n) is 8.06. The van der Waals surface area contributed by atoms with Gasteiger partial charge in [0.25, 0.3) is 0 Å². The maximum Gasteiger partial charge on any atom is 0.194 e. The van der Waals surface area contributed by atoms with E-state index in [1.807, 2.05) is 6.07 Å². The van der Waals surface area contributed by atoms with Crippen LogP contribution in [0, 0.1) is 6.92 Å². The molecule has 0 saturated carbocycles. The minimum atomic E-state index is -0.877. The lowest BCUT2D eigenvalue weighted by molar-refractivity contribution is -0.00368. The number of aliphatic hydroxyl groups is 1. The van der Waals surface area contributed by atoms with Crippen LogP contribution in [0.15, 0.2) is 36.4 Å². The van der Waals surface area contributed by atoms with Gasteiger partial charge in [-0.25, -0.2) is 0 Å². The molecule has 0 aliphatic carbocycles. The van der Waals surface area contributed by atoms with Crippen LogP contribution in [-0.4, -0.2) is 42.5 Å². The standard InChI is InChI=1S/C23H30N2O3/c1-14-5-4-6-16(11-14)19-13-25-10-9-18-17(21(25)12-20(19)24)7-8-22(27-3)23(18)28-15(2)26/h4-8,11,15,19-21,26H,9-10,12-13,24H2,1-3H3/t15-,19+,20?,21-/m0/s1. The Morgan fingerprint density at radius 2 is 2.07 bits per heavy atom. The number of methoxy groups -OCH3 is 1. The average molecular weight is 383 g/mol.